The maximum absolute atomic E-state index is 10.9. The number of likely N-dealkylation sites (tertiary alicyclic amines) is 1. The molecule has 1 aromatic rings. The van der Waals surface area contributed by atoms with Gasteiger partial charge in [-0.05, 0) is 19.5 Å². The van der Waals surface area contributed by atoms with Gasteiger partial charge in [0.2, 0.25) is 0 Å². The van der Waals surface area contributed by atoms with E-state index in [4.69, 9.17) is 4.74 Å². The molecular formula is C14H19N3O3. The highest BCUT2D eigenvalue weighted by atomic mass is 16.6. The minimum Gasteiger partial charge on any atom is -0.490 e. The predicted molar refractivity (Wildman–Crippen MR) is 76.4 cm³/mol. The third-order valence-electron chi connectivity index (χ3n) is 4.51. The highest BCUT2D eigenvalue weighted by molar-refractivity contribution is 5.59. The topological polar surface area (TPSA) is 58.8 Å². The second kappa shape index (κ2) is 4.94. The summed E-state index contributed by atoms with van der Waals surface area (Å²) in [5.74, 6) is 1.05. The van der Waals surface area contributed by atoms with Crippen molar-refractivity contribution in [3.8, 4) is 5.75 Å². The molecule has 2 aliphatic rings. The molecule has 0 unspecified atom stereocenters. The quantitative estimate of drug-likeness (QED) is 0.622. The second-order valence-electron chi connectivity index (χ2n) is 5.61. The lowest BCUT2D eigenvalue weighted by molar-refractivity contribution is -0.385. The summed E-state index contributed by atoms with van der Waals surface area (Å²) in [7, 11) is 3.64. The van der Waals surface area contributed by atoms with Crippen molar-refractivity contribution in [2.45, 2.75) is 12.5 Å². The summed E-state index contributed by atoms with van der Waals surface area (Å²) in [6.45, 7) is 3.16. The van der Waals surface area contributed by atoms with Crippen LogP contribution >= 0.6 is 0 Å². The summed E-state index contributed by atoms with van der Waals surface area (Å²) >= 11 is 0. The Morgan fingerprint density at radius 1 is 1.40 bits per heavy atom. The molecule has 3 rings (SSSR count). The molecule has 2 aliphatic heterocycles. The lowest BCUT2D eigenvalue weighted by Gasteiger charge is -2.52. The van der Waals surface area contributed by atoms with Gasteiger partial charge in [-0.3, -0.25) is 10.1 Å². The number of ether oxygens (including phenoxy) is 1. The van der Waals surface area contributed by atoms with Gasteiger partial charge in [0.15, 0.2) is 5.75 Å². The molecule has 0 saturated carbocycles. The van der Waals surface area contributed by atoms with Crippen LogP contribution in [-0.2, 0) is 0 Å². The predicted octanol–water partition coefficient (Wildman–Crippen LogP) is 1.74. The SMILES string of the molecule is COc1cc(N2CC[C@@H]3[C@H](C2)CN3C)ccc1[N+](=O)[O-]. The lowest BCUT2D eigenvalue weighted by atomic mass is 9.83. The molecule has 0 amide bonds. The van der Waals surface area contributed by atoms with E-state index in [-0.39, 0.29) is 5.69 Å². The Morgan fingerprint density at radius 2 is 2.20 bits per heavy atom. The van der Waals surface area contributed by atoms with Gasteiger partial charge in [-0.15, -0.1) is 0 Å². The van der Waals surface area contributed by atoms with Gasteiger partial charge in [-0.1, -0.05) is 0 Å². The van der Waals surface area contributed by atoms with Gasteiger partial charge in [0.1, 0.15) is 0 Å². The van der Waals surface area contributed by atoms with E-state index < -0.39 is 4.92 Å². The number of fused-ring (bicyclic) bond motifs is 1. The molecule has 2 saturated heterocycles. The van der Waals surface area contributed by atoms with Crippen LogP contribution in [0.15, 0.2) is 18.2 Å². The van der Waals surface area contributed by atoms with Crippen LogP contribution in [0, 0.1) is 16.0 Å². The molecule has 0 aromatic heterocycles. The van der Waals surface area contributed by atoms with Crippen LogP contribution in [0.4, 0.5) is 11.4 Å². The number of nitro benzene ring substituents is 1. The van der Waals surface area contributed by atoms with Crippen molar-refractivity contribution in [2.24, 2.45) is 5.92 Å². The Kier molecular flexibility index (Phi) is 3.25. The summed E-state index contributed by atoms with van der Waals surface area (Å²) in [5, 5.41) is 10.9. The Labute approximate surface area is 118 Å². The molecule has 0 radical (unpaired) electrons. The zero-order valence-electron chi connectivity index (χ0n) is 11.8. The van der Waals surface area contributed by atoms with Crippen molar-refractivity contribution >= 4 is 11.4 Å². The van der Waals surface area contributed by atoms with Crippen LogP contribution < -0.4 is 9.64 Å². The molecule has 0 spiro atoms. The van der Waals surface area contributed by atoms with E-state index in [1.54, 1.807) is 6.07 Å². The van der Waals surface area contributed by atoms with Gasteiger partial charge in [0.05, 0.1) is 12.0 Å². The highest BCUT2D eigenvalue weighted by Gasteiger charge is 2.40. The fourth-order valence-electron chi connectivity index (χ4n) is 3.40. The first-order valence-corrected chi connectivity index (χ1v) is 6.87. The van der Waals surface area contributed by atoms with E-state index in [0.29, 0.717) is 11.8 Å². The van der Waals surface area contributed by atoms with E-state index in [1.807, 2.05) is 6.07 Å². The smallest absolute Gasteiger partial charge is 0.311 e. The van der Waals surface area contributed by atoms with E-state index in [1.165, 1.54) is 13.2 Å². The zero-order chi connectivity index (χ0) is 14.3. The molecule has 2 atom stereocenters. The van der Waals surface area contributed by atoms with Crippen molar-refractivity contribution < 1.29 is 9.66 Å². The summed E-state index contributed by atoms with van der Waals surface area (Å²) in [5.41, 5.74) is 1.04. The third kappa shape index (κ3) is 2.10. The molecule has 20 heavy (non-hydrogen) atoms. The first-order chi connectivity index (χ1) is 9.60. The Bertz CT molecular complexity index is 534. The standard InChI is InChI=1S/C14H19N3O3/c1-15-8-10-9-16(6-5-12(10)15)11-3-4-13(17(18)19)14(7-11)20-2/h3-4,7,10,12H,5-6,8-9H2,1-2H3/t10-,12+/m0/s1. The van der Waals surface area contributed by atoms with Crippen molar-refractivity contribution in [1.29, 1.82) is 0 Å². The minimum atomic E-state index is -0.407. The molecule has 108 valence electrons. The number of hydrogen-bond donors (Lipinski definition) is 0. The van der Waals surface area contributed by atoms with E-state index in [0.717, 1.165) is 37.7 Å². The van der Waals surface area contributed by atoms with Crippen LogP contribution in [0.1, 0.15) is 6.42 Å². The summed E-state index contributed by atoms with van der Waals surface area (Å²) in [6.07, 6.45) is 1.15. The molecule has 0 bridgehead atoms. The van der Waals surface area contributed by atoms with E-state index in [2.05, 4.69) is 16.8 Å². The molecular weight excluding hydrogens is 258 g/mol. The number of piperidine rings is 1. The Morgan fingerprint density at radius 3 is 2.80 bits per heavy atom. The van der Waals surface area contributed by atoms with Crippen LogP contribution in [0.5, 0.6) is 5.75 Å². The maximum atomic E-state index is 10.9. The lowest BCUT2D eigenvalue weighted by Crippen LogP contribution is -2.61. The monoisotopic (exact) mass is 277 g/mol. The van der Waals surface area contributed by atoms with Gasteiger partial charge < -0.3 is 14.5 Å². The summed E-state index contributed by atoms with van der Waals surface area (Å²) < 4.78 is 5.14. The molecule has 2 heterocycles. The van der Waals surface area contributed by atoms with Gasteiger partial charge >= 0.3 is 5.69 Å². The van der Waals surface area contributed by atoms with Crippen molar-refractivity contribution in [2.75, 3.05) is 38.7 Å². The van der Waals surface area contributed by atoms with Gasteiger partial charge in [0, 0.05) is 49.4 Å². The summed E-state index contributed by atoms with van der Waals surface area (Å²) in [6, 6.07) is 5.85. The van der Waals surface area contributed by atoms with E-state index in [9.17, 15) is 10.1 Å². The van der Waals surface area contributed by atoms with Crippen molar-refractivity contribution in [3.05, 3.63) is 28.3 Å². The normalized spacial score (nSPS) is 25.8. The fraction of sp³-hybridized carbons (Fsp3) is 0.571. The summed E-state index contributed by atoms with van der Waals surface area (Å²) in [4.78, 5) is 15.2. The molecule has 2 fully saturated rings. The average molecular weight is 277 g/mol. The maximum Gasteiger partial charge on any atom is 0.311 e. The first kappa shape index (κ1) is 13.2. The number of nitrogens with zero attached hydrogens (tertiary/aromatic N) is 3. The molecule has 0 N–H and O–H groups in total. The molecule has 1 aromatic carbocycles. The van der Waals surface area contributed by atoms with Crippen LogP contribution in [0.25, 0.3) is 0 Å². The van der Waals surface area contributed by atoms with Gasteiger partial charge in [-0.25, -0.2) is 0 Å². The van der Waals surface area contributed by atoms with E-state index >= 15 is 0 Å². The Hall–Kier alpha value is -1.82. The Balaban J connectivity index is 1.79. The number of anilines is 1. The van der Waals surface area contributed by atoms with Gasteiger partial charge in [-0.2, -0.15) is 0 Å². The number of benzene rings is 1. The zero-order valence-corrected chi connectivity index (χ0v) is 11.8. The van der Waals surface area contributed by atoms with Gasteiger partial charge in [0.25, 0.3) is 0 Å². The molecule has 6 heteroatoms. The average Bonchev–Trinajstić information content (AvgIpc) is 2.44. The minimum absolute atomic E-state index is 0.0227. The fourth-order valence-corrected chi connectivity index (χ4v) is 3.40. The van der Waals surface area contributed by atoms with Crippen LogP contribution in [0.3, 0.4) is 0 Å². The number of nitro groups is 1. The molecule has 0 aliphatic carbocycles. The number of rotatable bonds is 3. The van der Waals surface area contributed by atoms with Crippen molar-refractivity contribution in [3.63, 3.8) is 0 Å². The van der Waals surface area contributed by atoms with Crippen molar-refractivity contribution in [1.82, 2.24) is 4.90 Å². The largest absolute Gasteiger partial charge is 0.490 e. The number of methoxy groups -OCH3 is 1. The molecule has 6 nitrogen and oxygen atoms in total. The first-order valence-electron chi connectivity index (χ1n) is 6.87. The van der Waals surface area contributed by atoms with Crippen LogP contribution in [-0.4, -0.2) is 49.7 Å². The van der Waals surface area contributed by atoms with Crippen LogP contribution in [0.2, 0.25) is 0 Å². The third-order valence-corrected chi connectivity index (χ3v) is 4.51. The number of hydrogen-bond acceptors (Lipinski definition) is 5. The second-order valence-corrected chi connectivity index (χ2v) is 5.61. The highest BCUT2D eigenvalue weighted by Crippen LogP contribution is 2.36.